The van der Waals surface area contributed by atoms with Crippen molar-refractivity contribution < 1.29 is 13.2 Å². The van der Waals surface area contributed by atoms with Crippen LogP contribution in [-0.4, -0.2) is 18.3 Å². The fourth-order valence-corrected chi connectivity index (χ4v) is 1.94. The van der Waals surface area contributed by atoms with Crippen molar-refractivity contribution in [3.8, 4) is 0 Å². The van der Waals surface area contributed by atoms with E-state index in [-0.39, 0.29) is 18.8 Å². The number of halogens is 3. The van der Waals surface area contributed by atoms with Crippen LogP contribution in [0, 0.1) is 5.92 Å². The minimum Gasteiger partial charge on any atom is -0.304 e. The Labute approximate surface area is 70.3 Å². The Bertz CT molecular complexity index is 153. The summed E-state index contributed by atoms with van der Waals surface area (Å²) in [5.74, 6) is 0.200. The van der Waals surface area contributed by atoms with Gasteiger partial charge in [-0.3, -0.25) is 0 Å². The summed E-state index contributed by atoms with van der Waals surface area (Å²) in [4.78, 5) is 0. The summed E-state index contributed by atoms with van der Waals surface area (Å²) in [5.41, 5.74) is -1.57. The van der Waals surface area contributed by atoms with Gasteiger partial charge in [-0.1, -0.05) is 13.8 Å². The fraction of sp³-hybridized carbons (Fsp3) is 1.00. The van der Waals surface area contributed by atoms with Crippen molar-refractivity contribution >= 4 is 0 Å². The van der Waals surface area contributed by atoms with Gasteiger partial charge in [0.15, 0.2) is 0 Å². The predicted molar refractivity (Wildman–Crippen MR) is 40.9 cm³/mol. The monoisotopic (exact) mass is 181 g/mol. The number of rotatable bonds is 2. The smallest absolute Gasteiger partial charge is 0.304 e. The van der Waals surface area contributed by atoms with Crippen molar-refractivity contribution in [2.45, 2.75) is 38.4 Å². The maximum Gasteiger partial charge on any atom is 0.406 e. The van der Waals surface area contributed by atoms with Crippen molar-refractivity contribution in [1.29, 1.82) is 0 Å². The first kappa shape index (κ1) is 9.84. The summed E-state index contributed by atoms with van der Waals surface area (Å²) in [5, 5.41) is 2.54. The molecule has 0 spiro atoms. The summed E-state index contributed by atoms with van der Waals surface area (Å²) in [6, 6.07) is 0. The Hall–Kier alpha value is -0.250. The Kier molecular flexibility index (Phi) is 2.38. The molecule has 0 aromatic rings. The van der Waals surface area contributed by atoms with Gasteiger partial charge in [0.05, 0.1) is 0 Å². The lowest BCUT2D eigenvalue weighted by atomic mass is 9.68. The average Bonchev–Trinajstić information content (AvgIpc) is 1.81. The molecule has 1 nitrogen and oxygen atoms in total. The molecule has 1 rings (SSSR count). The third-order valence-corrected chi connectivity index (χ3v) is 2.45. The first-order chi connectivity index (χ1) is 5.41. The first-order valence-corrected chi connectivity index (χ1v) is 4.23. The molecule has 1 saturated carbocycles. The van der Waals surface area contributed by atoms with Crippen LogP contribution in [0.4, 0.5) is 13.2 Å². The molecular weight excluding hydrogens is 167 g/mol. The molecule has 0 aliphatic heterocycles. The lowest BCUT2D eigenvalue weighted by Crippen LogP contribution is -2.64. The minimum atomic E-state index is -4.09. The Morgan fingerprint density at radius 3 is 2.17 bits per heavy atom. The third kappa shape index (κ3) is 1.44. The molecule has 0 unspecified atom stereocenters. The summed E-state index contributed by atoms with van der Waals surface area (Å²) in [6.45, 7) is 3.93. The normalized spacial score (nSPS) is 36.2. The Morgan fingerprint density at radius 1 is 1.42 bits per heavy atom. The molecule has 0 heterocycles. The second-order valence-corrected chi connectivity index (χ2v) is 3.62. The van der Waals surface area contributed by atoms with E-state index >= 15 is 0 Å². The Balaban J connectivity index is 2.63. The van der Waals surface area contributed by atoms with E-state index in [2.05, 4.69) is 5.32 Å². The van der Waals surface area contributed by atoms with Crippen LogP contribution in [0.1, 0.15) is 26.7 Å². The van der Waals surface area contributed by atoms with Gasteiger partial charge in [-0.25, -0.2) is 0 Å². The summed E-state index contributed by atoms with van der Waals surface area (Å²) < 4.78 is 37.4. The van der Waals surface area contributed by atoms with Crippen LogP contribution in [0.3, 0.4) is 0 Å². The van der Waals surface area contributed by atoms with Crippen LogP contribution >= 0.6 is 0 Å². The van der Waals surface area contributed by atoms with Gasteiger partial charge in [0.25, 0.3) is 0 Å². The lowest BCUT2D eigenvalue weighted by molar-refractivity contribution is -0.228. The highest BCUT2D eigenvalue weighted by atomic mass is 19.4. The minimum absolute atomic E-state index is 0.200. The topological polar surface area (TPSA) is 12.0 Å². The number of nitrogens with one attached hydrogen (secondary N) is 1. The standard InChI is InChI=1S/C8H14F3N/c1-3-12-7(8(9,10)11)4-6(2)5-7/h6,12H,3-5H2,1-2H3. The van der Waals surface area contributed by atoms with Gasteiger partial charge in [-0.15, -0.1) is 0 Å². The highest BCUT2D eigenvalue weighted by molar-refractivity contribution is 5.04. The third-order valence-electron chi connectivity index (χ3n) is 2.45. The maximum atomic E-state index is 12.5. The zero-order chi connectivity index (χ0) is 9.41. The zero-order valence-electron chi connectivity index (χ0n) is 7.33. The van der Waals surface area contributed by atoms with Crippen molar-refractivity contribution in [2.24, 2.45) is 5.92 Å². The molecule has 12 heavy (non-hydrogen) atoms. The SMILES string of the molecule is CCNC1(C(F)(F)F)CC(C)C1. The van der Waals surface area contributed by atoms with Gasteiger partial charge < -0.3 is 5.32 Å². The molecular formula is C8H14F3N. The van der Waals surface area contributed by atoms with Crippen LogP contribution in [0.2, 0.25) is 0 Å². The largest absolute Gasteiger partial charge is 0.406 e. The number of hydrogen-bond donors (Lipinski definition) is 1. The summed E-state index contributed by atoms with van der Waals surface area (Å²) >= 11 is 0. The second-order valence-electron chi connectivity index (χ2n) is 3.62. The molecule has 0 bridgehead atoms. The zero-order valence-corrected chi connectivity index (χ0v) is 7.33. The fourth-order valence-electron chi connectivity index (χ4n) is 1.94. The summed E-state index contributed by atoms with van der Waals surface area (Å²) in [6.07, 6.45) is -3.63. The van der Waals surface area contributed by atoms with Crippen molar-refractivity contribution in [2.75, 3.05) is 6.54 Å². The van der Waals surface area contributed by atoms with Gasteiger partial charge >= 0.3 is 6.18 Å². The van der Waals surface area contributed by atoms with E-state index in [0.717, 1.165) is 0 Å². The first-order valence-electron chi connectivity index (χ1n) is 4.23. The Morgan fingerprint density at radius 2 is 1.92 bits per heavy atom. The van der Waals surface area contributed by atoms with E-state index in [1.165, 1.54) is 0 Å². The molecule has 0 saturated heterocycles. The highest BCUT2D eigenvalue weighted by Gasteiger charge is 2.60. The quantitative estimate of drug-likeness (QED) is 0.689. The molecule has 72 valence electrons. The van der Waals surface area contributed by atoms with Crippen molar-refractivity contribution in [1.82, 2.24) is 5.32 Å². The van der Waals surface area contributed by atoms with Gasteiger partial charge in [0, 0.05) is 0 Å². The van der Waals surface area contributed by atoms with Gasteiger partial charge in [0.1, 0.15) is 5.54 Å². The molecule has 0 amide bonds. The lowest BCUT2D eigenvalue weighted by Gasteiger charge is -2.47. The van der Waals surface area contributed by atoms with E-state index in [1.54, 1.807) is 6.92 Å². The molecule has 0 atom stereocenters. The van der Waals surface area contributed by atoms with Crippen LogP contribution < -0.4 is 5.32 Å². The van der Waals surface area contributed by atoms with Gasteiger partial charge in [-0.05, 0) is 25.3 Å². The van der Waals surface area contributed by atoms with Crippen LogP contribution in [-0.2, 0) is 0 Å². The molecule has 1 aliphatic carbocycles. The number of hydrogen-bond acceptors (Lipinski definition) is 1. The molecule has 0 aromatic carbocycles. The summed E-state index contributed by atoms with van der Waals surface area (Å²) in [7, 11) is 0. The average molecular weight is 181 g/mol. The van der Waals surface area contributed by atoms with Gasteiger partial charge in [-0.2, -0.15) is 13.2 Å². The van der Waals surface area contributed by atoms with Crippen molar-refractivity contribution in [3.05, 3.63) is 0 Å². The number of alkyl halides is 3. The van der Waals surface area contributed by atoms with Crippen molar-refractivity contribution in [3.63, 3.8) is 0 Å². The second kappa shape index (κ2) is 2.91. The molecule has 1 fully saturated rings. The molecule has 0 radical (unpaired) electrons. The van der Waals surface area contributed by atoms with Crippen LogP contribution in [0.5, 0.6) is 0 Å². The van der Waals surface area contributed by atoms with Crippen LogP contribution in [0.15, 0.2) is 0 Å². The molecule has 1 aliphatic rings. The predicted octanol–water partition coefficient (Wildman–Crippen LogP) is 2.33. The van der Waals surface area contributed by atoms with E-state index < -0.39 is 11.7 Å². The van der Waals surface area contributed by atoms with Gasteiger partial charge in [0.2, 0.25) is 0 Å². The van der Waals surface area contributed by atoms with E-state index in [1.807, 2.05) is 6.92 Å². The maximum absolute atomic E-state index is 12.5. The molecule has 1 N–H and O–H groups in total. The van der Waals surface area contributed by atoms with E-state index in [9.17, 15) is 13.2 Å². The molecule has 4 heteroatoms. The van der Waals surface area contributed by atoms with E-state index in [4.69, 9.17) is 0 Å². The van der Waals surface area contributed by atoms with E-state index in [0.29, 0.717) is 6.54 Å². The van der Waals surface area contributed by atoms with Crippen LogP contribution in [0.25, 0.3) is 0 Å². The highest BCUT2D eigenvalue weighted by Crippen LogP contribution is 2.48. The molecule has 0 aromatic heterocycles.